The van der Waals surface area contributed by atoms with E-state index in [2.05, 4.69) is 12.0 Å². The van der Waals surface area contributed by atoms with Crippen LogP contribution in [0, 0.1) is 29.6 Å². The molecule has 0 atom stereocenters. The number of esters is 1. The average Bonchev–Trinajstić information content (AvgIpc) is 2.96. The van der Waals surface area contributed by atoms with Gasteiger partial charge in [0.05, 0.1) is 32.2 Å². The van der Waals surface area contributed by atoms with E-state index in [0.717, 1.165) is 25.7 Å². The second-order valence-corrected chi connectivity index (χ2v) is 6.34. The maximum Gasteiger partial charge on any atom is 0.308 e. The Morgan fingerprint density at radius 1 is 1.24 bits per heavy atom. The molecule has 3 rings (SSSR count). The number of ether oxygens (including phenoxy) is 2. The first kappa shape index (κ1) is 17.3. The third kappa shape index (κ3) is 3.32. The van der Waals surface area contributed by atoms with Crippen LogP contribution in [0.1, 0.15) is 41.6 Å². The lowest BCUT2D eigenvalue weighted by Crippen LogP contribution is -2.23. The Labute approximate surface area is 146 Å². The maximum atomic E-state index is 14.3. The number of methoxy groups -OCH3 is 2. The molecule has 0 radical (unpaired) electrons. The van der Waals surface area contributed by atoms with Crippen molar-refractivity contribution in [1.29, 1.82) is 0 Å². The summed E-state index contributed by atoms with van der Waals surface area (Å²) in [7, 11) is 2.77. The van der Waals surface area contributed by atoms with Gasteiger partial charge in [0.25, 0.3) is 5.91 Å². The number of nitrogens with zero attached hydrogens (tertiary/aromatic N) is 1. The van der Waals surface area contributed by atoms with E-state index >= 15 is 0 Å². The van der Waals surface area contributed by atoms with E-state index in [1.807, 2.05) is 0 Å². The molecule has 0 N–H and O–H groups in total. The molecule has 1 amide bonds. The second-order valence-electron chi connectivity index (χ2n) is 6.34. The van der Waals surface area contributed by atoms with Gasteiger partial charge in [0.1, 0.15) is 0 Å². The van der Waals surface area contributed by atoms with E-state index in [-0.39, 0.29) is 35.7 Å². The van der Waals surface area contributed by atoms with E-state index in [4.69, 9.17) is 9.47 Å². The Kier molecular flexibility index (Phi) is 4.93. The number of fused-ring (bicyclic) bond motifs is 1. The predicted molar refractivity (Wildman–Crippen MR) is 88.1 cm³/mol. The average molecular weight is 345 g/mol. The zero-order valence-electron chi connectivity index (χ0n) is 14.3. The largest absolute Gasteiger partial charge is 0.494 e. The molecule has 1 heterocycles. The number of amides is 1. The minimum absolute atomic E-state index is 0.0445. The van der Waals surface area contributed by atoms with Gasteiger partial charge in [-0.3, -0.25) is 14.5 Å². The molecule has 1 aliphatic heterocycles. The molecule has 0 saturated heterocycles. The smallest absolute Gasteiger partial charge is 0.308 e. The summed E-state index contributed by atoms with van der Waals surface area (Å²) in [6.07, 6.45) is 3.08. The molecule has 1 aromatic carbocycles. The second kappa shape index (κ2) is 7.14. The van der Waals surface area contributed by atoms with E-state index in [1.165, 1.54) is 25.2 Å². The molecule has 0 bridgehead atoms. The van der Waals surface area contributed by atoms with E-state index in [0.29, 0.717) is 5.56 Å². The molecule has 132 valence electrons. The number of rotatable bonds is 2. The van der Waals surface area contributed by atoms with Gasteiger partial charge in [-0.25, -0.2) is 4.39 Å². The van der Waals surface area contributed by atoms with Crippen LogP contribution in [0.2, 0.25) is 0 Å². The number of benzene rings is 1. The summed E-state index contributed by atoms with van der Waals surface area (Å²) < 4.78 is 24.0. The summed E-state index contributed by atoms with van der Waals surface area (Å²) in [5.74, 6) is 2.02. The van der Waals surface area contributed by atoms with Gasteiger partial charge in [0.2, 0.25) is 0 Å². The number of carbonyl (C=O) groups excluding carboxylic acids is 2. The Balaban J connectivity index is 1.66. The quantitative estimate of drug-likeness (QED) is 0.611. The lowest BCUT2D eigenvalue weighted by Gasteiger charge is -2.23. The summed E-state index contributed by atoms with van der Waals surface area (Å²) >= 11 is 0. The van der Waals surface area contributed by atoms with Crippen LogP contribution in [0.15, 0.2) is 12.1 Å². The van der Waals surface area contributed by atoms with Gasteiger partial charge in [0.15, 0.2) is 11.6 Å². The van der Waals surface area contributed by atoms with E-state index in [1.54, 1.807) is 6.07 Å². The van der Waals surface area contributed by atoms with Crippen molar-refractivity contribution in [3.63, 3.8) is 0 Å². The summed E-state index contributed by atoms with van der Waals surface area (Å²) in [6.45, 7) is 0.277. The van der Waals surface area contributed by atoms with Crippen LogP contribution in [0.25, 0.3) is 0 Å². The van der Waals surface area contributed by atoms with Crippen LogP contribution in [-0.2, 0) is 16.1 Å². The standard InChI is InChI=1S/C19H20FNO4/c1-24-15-8-7-14-11-21(18(22)16(14)17(15)20)10-9-12-3-5-13(6-4-12)19(23)25-2/h7-8,12-13H,3-6,11H2,1-2H3. The monoisotopic (exact) mass is 345 g/mol. The van der Waals surface area contributed by atoms with Crippen LogP contribution < -0.4 is 4.74 Å². The lowest BCUT2D eigenvalue weighted by atomic mass is 9.82. The Bertz CT molecular complexity index is 757. The molecule has 1 aliphatic carbocycles. The van der Waals surface area contributed by atoms with Crippen LogP contribution in [0.5, 0.6) is 5.75 Å². The van der Waals surface area contributed by atoms with Crippen LogP contribution in [-0.4, -0.2) is 31.0 Å². The molecular formula is C19H20FNO4. The highest BCUT2D eigenvalue weighted by molar-refractivity contribution is 6.00. The van der Waals surface area contributed by atoms with Gasteiger partial charge < -0.3 is 9.47 Å². The van der Waals surface area contributed by atoms with Gasteiger partial charge in [-0.15, -0.1) is 0 Å². The zero-order valence-corrected chi connectivity index (χ0v) is 14.3. The highest BCUT2D eigenvalue weighted by atomic mass is 19.1. The third-order valence-corrected chi connectivity index (χ3v) is 4.87. The summed E-state index contributed by atoms with van der Waals surface area (Å²) in [5, 5.41) is 0. The number of carbonyl (C=O) groups is 2. The third-order valence-electron chi connectivity index (χ3n) is 4.87. The predicted octanol–water partition coefficient (Wildman–Crippen LogP) is 2.73. The highest BCUT2D eigenvalue weighted by Gasteiger charge is 2.32. The minimum Gasteiger partial charge on any atom is -0.494 e. The highest BCUT2D eigenvalue weighted by Crippen LogP contribution is 2.31. The molecule has 6 heteroatoms. The first-order chi connectivity index (χ1) is 12.0. The molecule has 2 aliphatic rings. The van der Waals surface area contributed by atoms with Crippen molar-refractivity contribution in [1.82, 2.24) is 4.90 Å². The van der Waals surface area contributed by atoms with Crippen LogP contribution in [0.3, 0.4) is 0 Å². The fourth-order valence-electron chi connectivity index (χ4n) is 3.39. The van der Waals surface area contributed by atoms with Crippen molar-refractivity contribution in [2.45, 2.75) is 32.2 Å². The molecule has 0 spiro atoms. The van der Waals surface area contributed by atoms with Crippen molar-refractivity contribution < 1.29 is 23.5 Å². The van der Waals surface area contributed by atoms with Crippen molar-refractivity contribution in [3.05, 3.63) is 29.1 Å². The maximum absolute atomic E-state index is 14.3. The van der Waals surface area contributed by atoms with Gasteiger partial charge in [-0.2, -0.15) is 0 Å². The van der Waals surface area contributed by atoms with E-state index < -0.39 is 11.7 Å². The van der Waals surface area contributed by atoms with Gasteiger partial charge in [0, 0.05) is 12.0 Å². The van der Waals surface area contributed by atoms with Gasteiger partial charge in [-0.1, -0.05) is 12.0 Å². The molecule has 5 nitrogen and oxygen atoms in total. The van der Waals surface area contributed by atoms with Crippen molar-refractivity contribution >= 4 is 11.9 Å². The van der Waals surface area contributed by atoms with Crippen LogP contribution in [0.4, 0.5) is 4.39 Å². The van der Waals surface area contributed by atoms with Crippen LogP contribution >= 0.6 is 0 Å². The Hall–Kier alpha value is -2.55. The first-order valence-electron chi connectivity index (χ1n) is 8.31. The Morgan fingerprint density at radius 2 is 1.96 bits per heavy atom. The minimum atomic E-state index is -0.632. The fraction of sp³-hybridized carbons (Fsp3) is 0.474. The molecular weight excluding hydrogens is 325 g/mol. The molecule has 1 saturated carbocycles. The Morgan fingerprint density at radius 3 is 2.60 bits per heavy atom. The summed E-state index contributed by atoms with van der Waals surface area (Å²) in [4.78, 5) is 25.3. The number of halogens is 1. The van der Waals surface area contributed by atoms with E-state index in [9.17, 15) is 14.0 Å². The number of hydrogen-bond acceptors (Lipinski definition) is 4. The molecule has 1 aromatic rings. The fourth-order valence-corrected chi connectivity index (χ4v) is 3.39. The molecule has 25 heavy (non-hydrogen) atoms. The van der Waals surface area contributed by atoms with Gasteiger partial charge in [-0.05, 0) is 37.3 Å². The van der Waals surface area contributed by atoms with Crippen molar-refractivity contribution in [2.24, 2.45) is 11.8 Å². The van der Waals surface area contributed by atoms with Crippen molar-refractivity contribution in [2.75, 3.05) is 14.2 Å². The molecule has 0 unspecified atom stereocenters. The summed E-state index contributed by atoms with van der Waals surface area (Å²) in [6, 6.07) is 6.09. The molecule has 1 fully saturated rings. The number of hydrogen-bond donors (Lipinski definition) is 0. The SMILES string of the molecule is COC(=O)C1CCC(C#CN2Cc3ccc(OC)c(F)c3C2=O)CC1. The zero-order chi connectivity index (χ0) is 18.0. The normalized spacial score (nSPS) is 22.0. The van der Waals surface area contributed by atoms with Gasteiger partial charge >= 0.3 is 5.97 Å². The first-order valence-corrected chi connectivity index (χ1v) is 8.31. The topological polar surface area (TPSA) is 55.8 Å². The molecule has 0 aromatic heterocycles. The lowest BCUT2D eigenvalue weighted by molar-refractivity contribution is -0.146. The summed E-state index contributed by atoms with van der Waals surface area (Å²) in [5.41, 5.74) is 0.662. The van der Waals surface area contributed by atoms with Crippen molar-refractivity contribution in [3.8, 4) is 17.7 Å².